The van der Waals surface area contributed by atoms with E-state index in [1.165, 1.54) is 12.0 Å². The molecule has 0 amide bonds. The average molecular weight is 233 g/mol. The van der Waals surface area contributed by atoms with Crippen molar-refractivity contribution in [2.75, 3.05) is 13.1 Å². The highest BCUT2D eigenvalue weighted by molar-refractivity contribution is 5.10. The van der Waals surface area contributed by atoms with E-state index < -0.39 is 0 Å². The Kier molecular flexibility index (Phi) is 3.79. The second-order valence-electron chi connectivity index (χ2n) is 5.66. The highest BCUT2D eigenvalue weighted by atomic mass is 15.2. The van der Waals surface area contributed by atoms with E-state index in [1.807, 2.05) is 12.4 Å². The molecule has 1 aromatic heterocycles. The number of rotatable bonds is 2. The lowest BCUT2D eigenvalue weighted by atomic mass is 10.0. The minimum atomic E-state index is 0.216. The van der Waals surface area contributed by atoms with Gasteiger partial charge in [-0.25, -0.2) is 0 Å². The molecule has 3 heteroatoms. The van der Waals surface area contributed by atoms with Crippen LogP contribution in [0.5, 0.6) is 0 Å². The Labute approximate surface area is 104 Å². The summed E-state index contributed by atoms with van der Waals surface area (Å²) in [5.41, 5.74) is 1.57. The van der Waals surface area contributed by atoms with Crippen LogP contribution in [-0.2, 0) is 6.54 Å². The summed E-state index contributed by atoms with van der Waals surface area (Å²) in [6.45, 7) is 10.1. The van der Waals surface area contributed by atoms with Gasteiger partial charge in [0.2, 0.25) is 0 Å². The predicted molar refractivity (Wildman–Crippen MR) is 70.8 cm³/mol. The van der Waals surface area contributed by atoms with Gasteiger partial charge in [0.05, 0.1) is 0 Å². The third-order valence-electron chi connectivity index (χ3n) is 3.69. The van der Waals surface area contributed by atoms with Gasteiger partial charge in [0, 0.05) is 43.6 Å². The maximum Gasteiger partial charge on any atom is 0.0281 e. The quantitative estimate of drug-likeness (QED) is 0.847. The van der Waals surface area contributed by atoms with E-state index in [0.717, 1.165) is 19.6 Å². The maximum absolute atomic E-state index is 4.07. The lowest BCUT2D eigenvalue weighted by Gasteiger charge is -2.36. The Bertz CT molecular complexity index is 348. The van der Waals surface area contributed by atoms with Gasteiger partial charge < -0.3 is 5.32 Å². The summed E-state index contributed by atoms with van der Waals surface area (Å²) in [4.78, 5) is 6.64. The molecule has 1 N–H and O–H groups in total. The van der Waals surface area contributed by atoms with Crippen molar-refractivity contribution in [3.05, 3.63) is 30.1 Å². The summed E-state index contributed by atoms with van der Waals surface area (Å²) in [7, 11) is 0. The minimum absolute atomic E-state index is 0.216. The van der Waals surface area contributed by atoms with Crippen LogP contribution in [0.2, 0.25) is 0 Å². The van der Waals surface area contributed by atoms with E-state index in [9.17, 15) is 0 Å². The molecule has 2 rings (SSSR count). The van der Waals surface area contributed by atoms with Crippen LogP contribution >= 0.6 is 0 Å². The molecular formula is C14H23N3. The van der Waals surface area contributed by atoms with Gasteiger partial charge in [-0.3, -0.25) is 9.88 Å². The third kappa shape index (κ3) is 3.27. The number of nitrogens with zero attached hydrogens (tertiary/aromatic N) is 2. The molecule has 0 saturated carbocycles. The molecule has 3 nitrogen and oxygen atoms in total. The van der Waals surface area contributed by atoms with Crippen molar-refractivity contribution in [1.29, 1.82) is 0 Å². The van der Waals surface area contributed by atoms with Crippen LogP contribution in [0.25, 0.3) is 0 Å². The molecule has 1 saturated heterocycles. The topological polar surface area (TPSA) is 28.2 Å². The number of nitrogens with one attached hydrogen (secondary N) is 1. The molecule has 17 heavy (non-hydrogen) atoms. The fraction of sp³-hybridized carbons (Fsp3) is 0.643. The first-order valence-electron chi connectivity index (χ1n) is 6.45. The highest BCUT2D eigenvalue weighted by Gasteiger charge is 2.29. The molecule has 0 aromatic carbocycles. The zero-order valence-electron chi connectivity index (χ0n) is 11.1. The van der Waals surface area contributed by atoms with E-state index in [1.54, 1.807) is 0 Å². The number of pyridine rings is 1. The lowest BCUT2D eigenvalue weighted by molar-refractivity contribution is 0.125. The molecule has 94 valence electrons. The normalized spacial score (nSPS) is 25.5. The van der Waals surface area contributed by atoms with Crippen molar-refractivity contribution >= 4 is 0 Å². The molecule has 1 fully saturated rings. The first-order valence-corrected chi connectivity index (χ1v) is 6.45. The first-order chi connectivity index (χ1) is 8.08. The van der Waals surface area contributed by atoms with E-state index in [0.29, 0.717) is 6.04 Å². The Hall–Kier alpha value is -0.930. The summed E-state index contributed by atoms with van der Waals surface area (Å²) >= 11 is 0. The van der Waals surface area contributed by atoms with Gasteiger partial charge in [-0.1, -0.05) is 0 Å². The summed E-state index contributed by atoms with van der Waals surface area (Å²) < 4.78 is 0. The van der Waals surface area contributed by atoms with Crippen LogP contribution in [0.4, 0.5) is 0 Å². The zero-order chi connectivity index (χ0) is 12.3. The van der Waals surface area contributed by atoms with Gasteiger partial charge in [0.1, 0.15) is 0 Å². The zero-order valence-corrected chi connectivity index (χ0v) is 11.1. The molecule has 1 aromatic rings. The Morgan fingerprint density at radius 1 is 1.41 bits per heavy atom. The van der Waals surface area contributed by atoms with E-state index in [2.05, 4.69) is 48.1 Å². The highest BCUT2D eigenvalue weighted by Crippen LogP contribution is 2.20. The Morgan fingerprint density at radius 3 is 2.82 bits per heavy atom. The minimum Gasteiger partial charge on any atom is -0.312 e. The second kappa shape index (κ2) is 5.15. The molecule has 0 aliphatic carbocycles. The summed E-state index contributed by atoms with van der Waals surface area (Å²) in [6, 6.07) is 4.84. The molecule has 1 unspecified atom stereocenters. The van der Waals surface area contributed by atoms with Gasteiger partial charge in [0.25, 0.3) is 0 Å². The number of aromatic nitrogens is 1. The van der Waals surface area contributed by atoms with Crippen molar-refractivity contribution < 1.29 is 0 Å². The molecule has 0 spiro atoms. The smallest absolute Gasteiger partial charge is 0.0281 e. The fourth-order valence-electron chi connectivity index (χ4n) is 2.29. The molecule has 0 radical (unpaired) electrons. The third-order valence-corrected chi connectivity index (χ3v) is 3.69. The Balaban J connectivity index is 2.07. The first kappa shape index (κ1) is 12.5. The maximum atomic E-state index is 4.07. The summed E-state index contributed by atoms with van der Waals surface area (Å²) in [6.07, 6.45) is 4.97. The molecule has 1 atom stereocenters. The number of hydrogen-bond acceptors (Lipinski definition) is 3. The molecule has 0 bridgehead atoms. The van der Waals surface area contributed by atoms with E-state index >= 15 is 0 Å². The standard InChI is InChI=1S/C14H23N3/c1-12-6-9-17(14(2,3)11-16-12)10-13-4-7-15-8-5-13/h4-5,7-8,12,16H,6,9-11H2,1-3H3. The average Bonchev–Trinajstić information content (AvgIpc) is 2.44. The SMILES string of the molecule is CC1CCN(Cc2ccncc2)C(C)(C)CN1. The predicted octanol–water partition coefficient (Wildman–Crippen LogP) is 2.04. The fourth-order valence-corrected chi connectivity index (χ4v) is 2.29. The van der Waals surface area contributed by atoms with Crippen molar-refractivity contribution in [3.8, 4) is 0 Å². The van der Waals surface area contributed by atoms with Gasteiger partial charge in [-0.2, -0.15) is 0 Å². The van der Waals surface area contributed by atoms with Gasteiger partial charge >= 0.3 is 0 Å². The Morgan fingerprint density at radius 2 is 2.12 bits per heavy atom. The summed E-state index contributed by atoms with van der Waals surface area (Å²) in [5.74, 6) is 0. The molecule has 2 heterocycles. The second-order valence-corrected chi connectivity index (χ2v) is 5.66. The van der Waals surface area contributed by atoms with Crippen LogP contribution in [0.1, 0.15) is 32.8 Å². The van der Waals surface area contributed by atoms with Crippen LogP contribution in [-0.4, -0.2) is 34.6 Å². The summed E-state index contributed by atoms with van der Waals surface area (Å²) in [5, 5.41) is 3.60. The van der Waals surface area contributed by atoms with Gasteiger partial charge in [-0.05, 0) is 44.9 Å². The van der Waals surface area contributed by atoms with Crippen molar-refractivity contribution in [2.45, 2.75) is 45.3 Å². The van der Waals surface area contributed by atoms with Gasteiger partial charge in [0.15, 0.2) is 0 Å². The van der Waals surface area contributed by atoms with Crippen LogP contribution < -0.4 is 5.32 Å². The van der Waals surface area contributed by atoms with Crippen molar-refractivity contribution in [3.63, 3.8) is 0 Å². The van der Waals surface area contributed by atoms with E-state index in [4.69, 9.17) is 0 Å². The van der Waals surface area contributed by atoms with E-state index in [-0.39, 0.29) is 5.54 Å². The number of hydrogen-bond donors (Lipinski definition) is 1. The van der Waals surface area contributed by atoms with Gasteiger partial charge in [-0.15, -0.1) is 0 Å². The lowest BCUT2D eigenvalue weighted by Crippen LogP contribution is -2.48. The molecule has 1 aliphatic heterocycles. The molecular weight excluding hydrogens is 210 g/mol. The molecule has 1 aliphatic rings. The van der Waals surface area contributed by atoms with Crippen molar-refractivity contribution in [1.82, 2.24) is 15.2 Å². The van der Waals surface area contributed by atoms with Crippen LogP contribution in [0.15, 0.2) is 24.5 Å². The monoisotopic (exact) mass is 233 g/mol. The van der Waals surface area contributed by atoms with Crippen LogP contribution in [0.3, 0.4) is 0 Å². The largest absolute Gasteiger partial charge is 0.312 e. The van der Waals surface area contributed by atoms with Crippen LogP contribution in [0, 0.1) is 0 Å². The van der Waals surface area contributed by atoms with Crippen molar-refractivity contribution in [2.24, 2.45) is 0 Å².